The molecule has 1 amide bonds. The Bertz CT molecular complexity index is 377. The Morgan fingerprint density at radius 1 is 1.47 bits per heavy atom. The molecule has 0 bridgehead atoms. The number of anilines is 1. The van der Waals surface area contributed by atoms with Crippen LogP contribution in [0.4, 0.5) is 5.13 Å². The highest BCUT2D eigenvalue weighted by Crippen LogP contribution is 2.14. The molecule has 2 heterocycles. The topological polar surface area (TPSA) is 79.4 Å². The van der Waals surface area contributed by atoms with Crippen molar-refractivity contribution < 1.29 is 9.53 Å². The first-order chi connectivity index (χ1) is 8.29. The highest BCUT2D eigenvalue weighted by atomic mass is 32.1. The minimum absolute atomic E-state index is 0.214. The number of hydrogen-bond acceptors (Lipinski definition) is 7. The normalized spacial score (nSPS) is 16.8. The van der Waals surface area contributed by atoms with Crippen LogP contribution < -0.4 is 10.7 Å². The predicted molar refractivity (Wildman–Crippen MR) is 63.9 cm³/mol. The first-order valence-corrected chi connectivity index (χ1v) is 6.32. The minimum Gasteiger partial charge on any atom is -0.379 e. The van der Waals surface area contributed by atoms with Crippen molar-refractivity contribution in [1.29, 1.82) is 0 Å². The number of aromatic nitrogens is 2. The van der Waals surface area contributed by atoms with Gasteiger partial charge in [-0.25, -0.2) is 5.01 Å². The summed E-state index contributed by atoms with van der Waals surface area (Å²) >= 11 is 1.25. The van der Waals surface area contributed by atoms with Crippen LogP contribution in [0, 0.1) is 0 Å². The van der Waals surface area contributed by atoms with Gasteiger partial charge >= 0.3 is 0 Å². The summed E-state index contributed by atoms with van der Waals surface area (Å²) in [4.78, 5) is 11.8. The van der Waals surface area contributed by atoms with Crippen molar-refractivity contribution in [2.75, 3.05) is 38.2 Å². The molecule has 1 saturated heterocycles. The maximum atomic E-state index is 11.8. The lowest BCUT2D eigenvalue weighted by Crippen LogP contribution is -2.48. The first kappa shape index (κ1) is 12.2. The molecular weight excluding hydrogens is 242 g/mol. The molecule has 0 atom stereocenters. The SMILES string of the molecule is CCNc1nnc(C(=O)NN2CCOCC2)s1. The quantitative estimate of drug-likeness (QED) is 0.787. The standard InChI is InChI=1S/C9H15N5O2S/c1-2-10-9-12-11-8(17-9)7(15)13-14-3-5-16-6-4-14/h2-6H2,1H3,(H,10,12)(H,13,15). The molecule has 0 radical (unpaired) electrons. The van der Waals surface area contributed by atoms with Crippen LogP contribution in [0.3, 0.4) is 0 Å². The van der Waals surface area contributed by atoms with Crippen molar-refractivity contribution >= 4 is 22.4 Å². The van der Waals surface area contributed by atoms with Gasteiger partial charge in [0.05, 0.1) is 13.2 Å². The van der Waals surface area contributed by atoms with Gasteiger partial charge in [0.15, 0.2) is 0 Å². The maximum absolute atomic E-state index is 11.8. The van der Waals surface area contributed by atoms with Crippen molar-refractivity contribution in [2.24, 2.45) is 0 Å². The second-order valence-electron chi connectivity index (χ2n) is 3.48. The Labute approximate surface area is 103 Å². The molecule has 0 aromatic carbocycles. The highest BCUT2D eigenvalue weighted by Gasteiger charge is 2.17. The van der Waals surface area contributed by atoms with Crippen LogP contribution in [0.5, 0.6) is 0 Å². The number of rotatable bonds is 4. The summed E-state index contributed by atoms with van der Waals surface area (Å²) in [5.41, 5.74) is 2.79. The molecule has 1 aliphatic rings. The van der Waals surface area contributed by atoms with Crippen LogP contribution in [0.2, 0.25) is 0 Å². The number of nitrogens with one attached hydrogen (secondary N) is 2. The van der Waals surface area contributed by atoms with Crippen molar-refractivity contribution in [2.45, 2.75) is 6.92 Å². The second-order valence-corrected chi connectivity index (χ2v) is 4.46. The molecule has 2 N–H and O–H groups in total. The van der Waals surface area contributed by atoms with E-state index in [-0.39, 0.29) is 5.91 Å². The number of hydrazine groups is 1. The Morgan fingerprint density at radius 3 is 2.94 bits per heavy atom. The Morgan fingerprint density at radius 2 is 2.24 bits per heavy atom. The Balaban J connectivity index is 1.89. The maximum Gasteiger partial charge on any atom is 0.296 e. The van der Waals surface area contributed by atoms with Gasteiger partial charge in [0.2, 0.25) is 10.1 Å². The van der Waals surface area contributed by atoms with Crippen LogP contribution in [0.15, 0.2) is 0 Å². The zero-order valence-electron chi connectivity index (χ0n) is 9.60. The molecule has 0 aliphatic carbocycles. The summed E-state index contributed by atoms with van der Waals surface area (Å²) < 4.78 is 5.19. The molecule has 1 aromatic rings. The molecule has 7 nitrogen and oxygen atoms in total. The van der Waals surface area contributed by atoms with Gasteiger partial charge in [-0.05, 0) is 6.92 Å². The van der Waals surface area contributed by atoms with Gasteiger partial charge in [0.25, 0.3) is 5.91 Å². The Hall–Kier alpha value is -1.25. The van der Waals surface area contributed by atoms with Gasteiger partial charge in [-0.15, -0.1) is 10.2 Å². The van der Waals surface area contributed by atoms with Crippen molar-refractivity contribution in [3.05, 3.63) is 5.01 Å². The van der Waals surface area contributed by atoms with E-state index in [1.807, 2.05) is 11.9 Å². The summed E-state index contributed by atoms with van der Waals surface area (Å²) in [5, 5.41) is 13.6. The smallest absolute Gasteiger partial charge is 0.296 e. The minimum atomic E-state index is -0.214. The summed E-state index contributed by atoms with van der Waals surface area (Å²) in [7, 11) is 0. The lowest BCUT2D eigenvalue weighted by molar-refractivity contribution is 0.0126. The van der Waals surface area contributed by atoms with Crippen molar-refractivity contribution in [3.8, 4) is 0 Å². The van der Waals surface area contributed by atoms with Crippen LogP contribution in [0.25, 0.3) is 0 Å². The zero-order chi connectivity index (χ0) is 12.1. The van der Waals surface area contributed by atoms with E-state index in [1.54, 1.807) is 0 Å². The van der Waals surface area contributed by atoms with E-state index in [1.165, 1.54) is 11.3 Å². The van der Waals surface area contributed by atoms with Crippen molar-refractivity contribution in [1.82, 2.24) is 20.6 Å². The second kappa shape index (κ2) is 5.89. The van der Waals surface area contributed by atoms with Crippen LogP contribution in [0.1, 0.15) is 16.7 Å². The summed E-state index contributed by atoms with van der Waals surface area (Å²) in [5.74, 6) is -0.214. The molecule has 1 aliphatic heterocycles. The zero-order valence-corrected chi connectivity index (χ0v) is 10.4. The van der Waals surface area contributed by atoms with E-state index >= 15 is 0 Å². The molecule has 17 heavy (non-hydrogen) atoms. The van der Waals surface area contributed by atoms with E-state index in [0.717, 1.165) is 6.54 Å². The molecule has 2 rings (SSSR count). The largest absolute Gasteiger partial charge is 0.379 e. The van der Waals surface area contributed by atoms with Crippen LogP contribution in [-0.4, -0.2) is 54.0 Å². The molecule has 8 heteroatoms. The number of amides is 1. The van der Waals surface area contributed by atoms with Crippen LogP contribution in [-0.2, 0) is 4.74 Å². The van der Waals surface area contributed by atoms with E-state index in [4.69, 9.17) is 4.74 Å². The van der Waals surface area contributed by atoms with Gasteiger partial charge in [-0.2, -0.15) is 0 Å². The lowest BCUT2D eigenvalue weighted by atomic mass is 10.5. The fraction of sp³-hybridized carbons (Fsp3) is 0.667. The van der Waals surface area contributed by atoms with Crippen LogP contribution >= 0.6 is 11.3 Å². The lowest BCUT2D eigenvalue weighted by Gasteiger charge is -2.26. The third-order valence-corrected chi connectivity index (χ3v) is 3.10. The molecule has 0 unspecified atom stereocenters. The number of nitrogens with zero attached hydrogens (tertiary/aromatic N) is 3. The Kier molecular flexibility index (Phi) is 4.24. The number of ether oxygens (including phenoxy) is 1. The average Bonchev–Trinajstić information content (AvgIpc) is 2.79. The molecule has 1 aromatic heterocycles. The predicted octanol–water partition coefficient (Wildman–Crippen LogP) is -0.0531. The number of carbonyl (C=O) groups excluding carboxylic acids is 1. The van der Waals surface area contributed by atoms with E-state index in [2.05, 4.69) is 20.9 Å². The van der Waals surface area contributed by atoms with Gasteiger partial charge in [-0.1, -0.05) is 11.3 Å². The first-order valence-electron chi connectivity index (χ1n) is 5.50. The van der Waals surface area contributed by atoms with E-state index in [0.29, 0.717) is 36.4 Å². The fourth-order valence-corrected chi connectivity index (χ4v) is 2.11. The molecule has 0 spiro atoms. The molecular formula is C9H15N5O2S. The number of carbonyl (C=O) groups is 1. The summed E-state index contributed by atoms with van der Waals surface area (Å²) in [6.45, 7) is 5.40. The summed E-state index contributed by atoms with van der Waals surface area (Å²) in [6, 6.07) is 0. The molecule has 94 valence electrons. The third-order valence-electron chi connectivity index (χ3n) is 2.22. The van der Waals surface area contributed by atoms with Gasteiger partial charge < -0.3 is 10.1 Å². The fourth-order valence-electron chi connectivity index (χ4n) is 1.40. The highest BCUT2D eigenvalue weighted by molar-refractivity contribution is 7.17. The van der Waals surface area contributed by atoms with Gasteiger partial charge in [0, 0.05) is 19.6 Å². The monoisotopic (exact) mass is 257 g/mol. The van der Waals surface area contributed by atoms with E-state index < -0.39 is 0 Å². The molecule has 0 saturated carbocycles. The van der Waals surface area contributed by atoms with Gasteiger partial charge in [-0.3, -0.25) is 10.2 Å². The average molecular weight is 257 g/mol. The number of morpholine rings is 1. The van der Waals surface area contributed by atoms with E-state index in [9.17, 15) is 4.79 Å². The van der Waals surface area contributed by atoms with Gasteiger partial charge in [0.1, 0.15) is 0 Å². The molecule has 1 fully saturated rings. The third kappa shape index (κ3) is 3.35. The number of hydrogen-bond donors (Lipinski definition) is 2. The van der Waals surface area contributed by atoms with Crippen molar-refractivity contribution in [3.63, 3.8) is 0 Å². The summed E-state index contributed by atoms with van der Waals surface area (Å²) in [6.07, 6.45) is 0.